The minimum absolute atomic E-state index is 0.173. The van der Waals surface area contributed by atoms with Crippen LogP contribution in [0.3, 0.4) is 0 Å². The fourth-order valence-corrected chi connectivity index (χ4v) is 2.06. The number of hydrogen-bond donors (Lipinski definition) is 1. The summed E-state index contributed by atoms with van der Waals surface area (Å²) in [5.74, 6) is 2.79. The second-order valence-corrected chi connectivity index (χ2v) is 4.47. The molecular weight excluding hydrogens is 238 g/mol. The van der Waals surface area contributed by atoms with E-state index in [4.69, 9.17) is 8.83 Å². The third-order valence-electron chi connectivity index (χ3n) is 2.10. The van der Waals surface area contributed by atoms with Gasteiger partial charge in [-0.2, -0.15) is 11.8 Å². The monoisotopic (exact) mass is 251 g/mol. The van der Waals surface area contributed by atoms with Crippen molar-refractivity contribution in [3.05, 3.63) is 48.3 Å². The van der Waals surface area contributed by atoms with E-state index in [0.29, 0.717) is 12.3 Å². The molecule has 2 heterocycles. The fourth-order valence-electron chi connectivity index (χ4n) is 1.30. The maximum atomic E-state index is 11.5. The van der Waals surface area contributed by atoms with E-state index in [2.05, 4.69) is 5.32 Å². The molecular formula is C12H13NO3S. The van der Waals surface area contributed by atoms with E-state index in [1.165, 1.54) is 6.26 Å². The number of nitrogens with one attached hydrogen (secondary N) is 1. The Morgan fingerprint density at radius 3 is 2.76 bits per heavy atom. The molecule has 0 aliphatic heterocycles. The Morgan fingerprint density at radius 2 is 2.06 bits per heavy atom. The third kappa shape index (κ3) is 3.71. The average molecular weight is 251 g/mol. The summed E-state index contributed by atoms with van der Waals surface area (Å²) in [6.45, 7) is 0.616. The molecule has 0 radical (unpaired) electrons. The zero-order valence-electron chi connectivity index (χ0n) is 9.22. The van der Waals surface area contributed by atoms with Crippen molar-refractivity contribution < 1.29 is 13.6 Å². The molecule has 90 valence electrons. The van der Waals surface area contributed by atoms with Crippen molar-refractivity contribution in [3.63, 3.8) is 0 Å². The van der Waals surface area contributed by atoms with Gasteiger partial charge in [-0.15, -0.1) is 0 Å². The van der Waals surface area contributed by atoms with Crippen LogP contribution in [0, 0.1) is 0 Å². The van der Waals surface area contributed by atoms with Crippen LogP contribution in [-0.2, 0) is 5.75 Å². The first-order valence-electron chi connectivity index (χ1n) is 5.28. The van der Waals surface area contributed by atoms with E-state index in [0.717, 1.165) is 17.3 Å². The molecule has 2 rings (SSSR count). The number of hydrogen-bond acceptors (Lipinski definition) is 4. The lowest BCUT2D eigenvalue weighted by molar-refractivity contribution is 0.0928. The van der Waals surface area contributed by atoms with Crippen molar-refractivity contribution in [2.75, 3.05) is 12.3 Å². The summed E-state index contributed by atoms with van der Waals surface area (Å²) in [4.78, 5) is 11.5. The first-order chi connectivity index (χ1) is 8.36. The van der Waals surface area contributed by atoms with Crippen molar-refractivity contribution in [2.45, 2.75) is 5.75 Å². The largest absolute Gasteiger partial charge is 0.468 e. The smallest absolute Gasteiger partial charge is 0.287 e. The predicted octanol–water partition coefficient (Wildman–Crippen LogP) is 2.54. The van der Waals surface area contributed by atoms with Gasteiger partial charge in [0.2, 0.25) is 0 Å². The van der Waals surface area contributed by atoms with Crippen LogP contribution in [0.25, 0.3) is 0 Å². The summed E-state index contributed by atoms with van der Waals surface area (Å²) < 4.78 is 10.2. The van der Waals surface area contributed by atoms with E-state index in [-0.39, 0.29) is 5.91 Å². The molecule has 0 fully saturated rings. The molecule has 4 nitrogen and oxygen atoms in total. The zero-order chi connectivity index (χ0) is 11.9. The van der Waals surface area contributed by atoms with E-state index >= 15 is 0 Å². The maximum Gasteiger partial charge on any atom is 0.287 e. The van der Waals surface area contributed by atoms with Crippen LogP contribution >= 0.6 is 11.8 Å². The van der Waals surface area contributed by atoms with Crippen molar-refractivity contribution >= 4 is 17.7 Å². The number of thioether (sulfide) groups is 1. The third-order valence-corrected chi connectivity index (χ3v) is 3.08. The van der Waals surface area contributed by atoms with Crippen LogP contribution in [0.15, 0.2) is 45.6 Å². The lowest BCUT2D eigenvalue weighted by atomic mass is 10.4. The fraction of sp³-hybridized carbons (Fsp3) is 0.250. The second kappa shape index (κ2) is 6.20. The summed E-state index contributed by atoms with van der Waals surface area (Å²) >= 11 is 1.71. The molecule has 0 atom stereocenters. The predicted molar refractivity (Wildman–Crippen MR) is 65.9 cm³/mol. The molecule has 0 unspecified atom stereocenters. The van der Waals surface area contributed by atoms with E-state index in [1.54, 1.807) is 30.2 Å². The Hall–Kier alpha value is -1.62. The minimum Gasteiger partial charge on any atom is -0.468 e. The quantitative estimate of drug-likeness (QED) is 0.801. The van der Waals surface area contributed by atoms with Crippen LogP contribution in [0.2, 0.25) is 0 Å². The standard InChI is InChI=1S/C12H13NO3S/c14-12(11-4-2-7-16-11)13-5-8-17-9-10-3-1-6-15-10/h1-4,6-7H,5,8-9H2,(H,13,14). The highest BCUT2D eigenvalue weighted by Crippen LogP contribution is 2.11. The molecule has 2 aromatic rings. The van der Waals surface area contributed by atoms with Gasteiger partial charge in [0.15, 0.2) is 5.76 Å². The van der Waals surface area contributed by atoms with Crippen molar-refractivity contribution in [3.8, 4) is 0 Å². The van der Waals surface area contributed by atoms with E-state index < -0.39 is 0 Å². The average Bonchev–Trinajstić information content (AvgIpc) is 3.01. The van der Waals surface area contributed by atoms with Gasteiger partial charge in [0, 0.05) is 12.3 Å². The van der Waals surface area contributed by atoms with Crippen LogP contribution in [0.5, 0.6) is 0 Å². The van der Waals surface area contributed by atoms with Crippen molar-refractivity contribution in [2.24, 2.45) is 0 Å². The molecule has 0 saturated carbocycles. The highest BCUT2D eigenvalue weighted by molar-refractivity contribution is 7.98. The van der Waals surface area contributed by atoms with Crippen LogP contribution in [0.4, 0.5) is 0 Å². The van der Waals surface area contributed by atoms with Gasteiger partial charge in [0.25, 0.3) is 5.91 Å². The van der Waals surface area contributed by atoms with Gasteiger partial charge < -0.3 is 14.2 Å². The Kier molecular flexibility index (Phi) is 4.32. The van der Waals surface area contributed by atoms with Crippen molar-refractivity contribution in [1.29, 1.82) is 0 Å². The summed E-state index contributed by atoms with van der Waals surface area (Å²) in [7, 11) is 0. The topological polar surface area (TPSA) is 55.4 Å². The first kappa shape index (κ1) is 11.9. The lowest BCUT2D eigenvalue weighted by Gasteiger charge is -2.02. The van der Waals surface area contributed by atoms with Gasteiger partial charge in [-0.25, -0.2) is 0 Å². The molecule has 17 heavy (non-hydrogen) atoms. The molecule has 1 N–H and O–H groups in total. The highest BCUT2D eigenvalue weighted by atomic mass is 32.2. The van der Waals surface area contributed by atoms with Gasteiger partial charge in [0.1, 0.15) is 5.76 Å². The summed E-state index contributed by atoms with van der Waals surface area (Å²) in [5, 5.41) is 2.78. The molecule has 1 amide bonds. The first-order valence-corrected chi connectivity index (χ1v) is 6.43. The molecule has 0 aromatic carbocycles. The Morgan fingerprint density at radius 1 is 1.24 bits per heavy atom. The maximum absolute atomic E-state index is 11.5. The number of carbonyl (C=O) groups excluding carboxylic acids is 1. The SMILES string of the molecule is O=C(NCCSCc1ccco1)c1ccco1. The zero-order valence-corrected chi connectivity index (χ0v) is 10.0. The van der Waals surface area contributed by atoms with Crippen molar-refractivity contribution in [1.82, 2.24) is 5.32 Å². The number of rotatable bonds is 6. The summed E-state index contributed by atoms with van der Waals surface area (Å²) in [5.41, 5.74) is 0. The molecule has 0 aliphatic carbocycles. The summed E-state index contributed by atoms with van der Waals surface area (Å²) in [6, 6.07) is 7.15. The molecule has 0 bridgehead atoms. The van der Waals surface area contributed by atoms with Gasteiger partial charge in [0.05, 0.1) is 18.3 Å². The molecule has 5 heteroatoms. The van der Waals surface area contributed by atoms with Gasteiger partial charge >= 0.3 is 0 Å². The van der Waals surface area contributed by atoms with Crippen LogP contribution in [-0.4, -0.2) is 18.2 Å². The second-order valence-electron chi connectivity index (χ2n) is 3.37. The Labute approximate surface area is 103 Å². The van der Waals surface area contributed by atoms with Gasteiger partial charge in [-0.05, 0) is 24.3 Å². The Bertz CT molecular complexity index is 436. The molecule has 0 spiro atoms. The normalized spacial score (nSPS) is 10.4. The molecule has 0 saturated heterocycles. The number of carbonyl (C=O) groups is 1. The summed E-state index contributed by atoms with van der Waals surface area (Å²) in [6.07, 6.45) is 3.15. The lowest BCUT2D eigenvalue weighted by Crippen LogP contribution is -2.25. The van der Waals surface area contributed by atoms with Gasteiger partial charge in [-0.1, -0.05) is 0 Å². The highest BCUT2D eigenvalue weighted by Gasteiger charge is 2.06. The van der Waals surface area contributed by atoms with E-state index in [1.807, 2.05) is 12.1 Å². The van der Waals surface area contributed by atoms with Crippen LogP contribution < -0.4 is 5.32 Å². The Balaban J connectivity index is 1.59. The van der Waals surface area contributed by atoms with E-state index in [9.17, 15) is 4.79 Å². The van der Waals surface area contributed by atoms with Gasteiger partial charge in [-0.3, -0.25) is 4.79 Å². The minimum atomic E-state index is -0.173. The molecule has 0 aliphatic rings. The number of amides is 1. The number of furan rings is 2. The van der Waals surface area contributed by atoms with Crippen LogP contribution in [0.1, 0.15) is 16.3 Å². The molecule has 2 aromatic heterocycles.